The Bertz CT molecular complexity index is 331. The van der Waals surface area contributed by atoms with Crippen LogP contribution in [0.1, 0.15) is 0 Å². The van der Waals surface area contributed by atoms with Crippen molar-refractivity contribution in [2.75, 3.05) is 39.3 Å². The number of hydrogen-bond donors (Lipinski definition) is 4. The zero-order chi connectivity index (χ0) is 15.7. The Kier molecular flexibility index (Phi) is 23.2. The van der Waals surface area contributed by atoms with E-state index < -0.39 is 50.1 Å². The molecule has 0 unspecified atom stereocenters. The predicted octanol–water partition coefficient (Wildman–Crippen LogP) is -8.07. The fraction of sp³-hybridized carbons (Fsp3) is 0.600. The molecule has 0 aliphatic rings. The molecule has 0 saturated heterocycles. The van der Waals surface area contributed by atoms with Gasteiger partial charge >= 0.3 is 100 Å². The molecule has 4 N–H and O–H groups in total. The van der Waals surface area contributed by atoms with Crippen LogP contribution in [0.25, 0.3) is 0 Å². The van der Waals surface area contributed by atoms with Crippen molar-refractivity contribution in [3.05, 3.63) is 0 Å². The van der Waals surface area contributed by atoms with E-state index in [4.69, 9.17) is 20.4 Å². The summed E-state index contributed by atoms with van der Waals surface area (Å²) in [5.41, 5.74) is 0. The molecule has 0 aliphatic carbocycles. The number of carbonyl (C=O) groups is 4. The maximum absolute atomic E-state index is 10.6. The quantitative estimate of drug-likeness (QED) is 0.245. The van der Waals surface area contributed by atoms with Crippen molar-refractivity contribution >= 4 is 23.9 Å². The van der Waals surface area contributed by atoms with Crippen molar-refractivity contribution in [3.63, 3.8) is 0 Å². The number of hydrogen-bond acceptors (Lipinski definition) is 6. The van der Waals surface area contributed by atoms with E-state index in [9.17, 15) is 19.2 Å². The van der Waals surface area contributed by atoms with E-state index in [1.165, 1.54) is 0 Å². The van der Waals surface area contributed by atoms with Crippen LogP contribution >= 0.6 is 0 Å². The number of carboxylic acid groups (broad SMARTS) is 4. The first-order valence-corrected chi connectivity index (χ1v) is 5.52. The summed E-state index contributed by atoms with van der Waals surface area (Å²) >= 11 is 0. The summed E-state index contributed by atoms with van der Waals surface area (Å²) in [4.78, 5) is 44.4. The van der Waals surface area contributed by atoms with E-state index in [2.05, 4.69) is 0 Å². The molecule has 13 heteroatoms. The van der Waals surface area contributed by atoms with Crippen LogP contribution < -0.4 is 59.1 Å². The van der Waals surface area contributed by atoms with E-state index in [1.807, 2.05) is 0 Å². The Hall–Kier alpha value is 0.319. The monoisotopic (exact) mass is 401 g/mol. The van der Waals surface area contributed by atoms with Gasteiger partial charge in [-0.15, -0.1) is 0 Å². The number of rotatable bonds is 11. The van der Waals surface area contributed by atoms with Gasteiger partial charge in [0.2, 0.25) is 0 Å². The van der Waals surface area contributed by atoms with Gasteiger partial charge in [-0.2, -0.15) is 0 Å². The van der Waals surface area contributed by atoms with Crippen molar-refractivity contribution in [3.8, 4) is 0 Å². The van der Waals surface area contributed by atoms with Gasteiger partial charge in [-0.25, -0.2) is 0 Å². The van der Waals surface area contributed by atoms with Gasteiger partial charge in [-0.1, -0.05) is 0 Å². The molecule has 0 bridgehead atoms. The fourth-order valence-electron chi connectivity index (χ4n) is 1.48. The second-order valence-electron chi connectivity index (χ2n) is 4.00. The molecule has 0 amide bonds. The Labute approximate surface area is 187 Å². The van der Waals surface area contributed by atoms with E-state index >= 15 is 0 Å². The summed E-state index contributed by atoms with van der Waals surface area (Å²) in [6.07, 6.45) is 0. The van der Waals surface area contributed by atoms with Crippen LogP contribution in [0.5, 0.6) is 0 Å². The van der Waals surface area contributed by atoms with E-state index in [1.54, 1.807) is 0 Å². The van der Waals surface area contributed by atoms with Crippen LogP contribution in [-0.4, -0.2) is 93.4 Å². The molecule has 0 radical (unpaired) electrons. The first-order chi connectivity index (χ1) is 9.20. The summed E-state index contributed by atoms with van der Waals surface area (Å²) in [6, 6.07) is 0. The second-order valence-corrected chi connectivity index (χ2v) is 4.00. The molecule has 10 nitrogen and oxygen atoms in total. The van der Waals surface area contributed by atoms with Crippen LogP contribution in [0, 0.1) is 0 Å². The molecule has 124 valence electrons. The Morgan fingerprint density at radius 1 is 0.565 bits per heavy atom. The molecule has 0 atom stereocenters. The van der Waals surface area contributed by atoms with E-state index in [0.717, 1.165) is 9.80 Å². The summed E-state index contributed by atoms with van der Waals surface area (Å²) in [5.74, 6) is -4.91. The third-order valence-electron chi connectivity index (χ3n) is 2.17. The van der Waals surface area contributed by atoms with Gasteiger partial charge in [0, 0.05) is 13.1 Å². The van der Waals surface area contributed by atoms with Gasteiger partial charge in [0.25, 0.3) is 0 Å². The molecular formula is C10H16CuN2Na2O8+3. The first kappa shape index (κ1) is 31.1. The molecule has 0 fully saturated rings. The zero-order valence-electron chi connectivity index (χ0n) is 12.9. The van der Waals surface area contributed by atoms with E-state index in [-0.39, 0.29) is 89.3 Å². The zero-order valence-corrected chi connectivity index (χ0v) is 17.8. The Balaban J connectivity index is -0.000000602. The van der Waals surface area contributed by atoms with Crippen molar-refractivity contribution < 1.29 is 116 Å². The third kappa shape index (κ3) is 20.3. The SMILES string of the molecule is O=C(O)CN(CCN(CC(=O)O)CC(=O)O)CC(=O)O.[Cu+].[Na+].[Na+]. The predicted molar refractivity (Wildman–Crippen MR) is 63.4 cm³/mol. The largest absolute Gasteiger partial charge is 1.00 e. The number of nitrogens with zero attached hydrogens (tertiary/aromatic N) is 2. The second kappa shape index (κ2) is 17.2. The summed E-state index contributed by atoms with van der Waals surface area (Å²) in [6.45, 7) is -2.25. The molecule has 0 spiro atoms. The molecule has 0 aromatic heterocycles. The van der Waals surface area contributed by atoms with Crippen molar-refractivity contribution in [1.82, 2.24) is 9.80 Å². The standard InChI is InChI=1S/C10H16N2O8.Cu.2Na/c13-7(14)3-11(4-8(15)16)1-2-12(5-9(17)18)6-10(19)20;;;/h1-6H2,(H,13,14)(H,15,16)(H,17,18)(H,19,20);;;/q;3*+1. The van der Waals surface area contributed by atoms with Crippen LogP contribution in [0.4, 0.5) is 0 Å². The smallest absolute Gasteiger partial charge is 0.480 e. The minimum atomic E-state index is -1.23. The van der Waals surface area contributed by atoms with Crippen LogP contribution in [-0.2, 0) is 36.2 Å². The first-order valence-electron chi connectivity index (χ1n) is 5.52. The average Bonchev–Trinajstić information content (AvgIpc) is 2.22. The molecule has 0 saturated carbocycles. The number of carboxylic acids is 4. The van der Waals surface area contributed by atoms with Crippen molar-refractivity contribution in [2.24, 2.45) is 0 Å². The van der Waals surface area contributed by atoms with Gasteiger partial charge in [0.15, 0.2) is 0 Å². The number of aliphatic carboxylic acids is 4. The van der Waals surface area contributed by atoms with Crippen LogP contribution in [0.3, 0.4) is 0 Å². The van der Waals surface area contributed by atoms with Gasteiger partial charge in [0.1, 0.15) is 0 Å². The summed E-state index contributed by atoms with van der Waals surface area (Å²) < 4.78 is 0. The molecular weight excluding hydrogens is 386 g/mol. The molecule has 0 rings (SSSR count). The summed E-state index contributed by atoms with van der Waals surface area (Å²) in [5, 5.41) is 34.5. The minimum Gasteiger partial charge on any atom is -0.480 e. The molecule has 0 aliphatic heterocycles. The third-order valence-corrected chi connectivity index (χ3v) is 2.17. The van der Waals surface area contributed by atoms with Gasteiger partial charge in [0.05, 0.1) is 26.2 Å². The van der Waals surface area contributed by atoms with Gasteiger partial charge in [-0.05, 0) is 0 Å². The van der Waals surface area contributed by atoms with Gasteiger partial charge < -0.3 is 20.4 Å². The molecule has 23 heavy (non-hydrogen) atoms. The Morgan fingerprint density at radius 2 is 0.739 bits per heavy atom. The van der Waals surface area contributed by atoms with E-state index in [0.29, 0.717) is 0 Å². The van der Waals surface area contributed by atoms with Crippen LogP contribution in [0.15, 0.2) is 0 Å². The Morgan fingerprint density at radius 3 is 0.870 bits per heavy atom. The minimum absolute atomic E-state index is 0. The summed E-state index contributed by atoms with van der Waals surface area (Å²) in [7, 11) is 0. The maximum atomic E-state index is 10.6. The maximum Gasteiger partial charge on any atom is 1.00 e. The molecule has 0 aromatic carbocycles. The van der Waals surface area contributed by atoms with Crippen LogP contribution in [0.2, 0.25) is 0 Å². The average molecular weight is 402 g/mol. The van der Waals surface area contributed by atoms with Crippen molar-refractivity contribution in [1.29, 1.82) is 0 Å². The topological polar surface area (TPSA) is 156 Å². The normalized spacial score (nSPS) is 9.30. The van der Waals surface area contributed by atoms with Gasteiger partial charge in [-0.3, -0.25) is 29.0 Å². The van der Waals surface area contributed by atoms with Crippen molar-refractivity contribution in [2.45, 2.75) is 0 Å². The molecule has 0 heterocycles. The fourth-order valence-corrected chi connectivity index (χ4v) is 1.48. The molecule has 0 aromatic rings.